The minimum Gasteiger partial charge on any atom is -0.495 e. The summed E-state index contributed by atoms with van der Waals surface area (Å²) in [6.07, 6.45) is 0.0923. The van der Waals surface area contributed by atoms with Gasteiger partial charge in [0.2, 0.25) is 5.91 Å². The third-order valence-corrected chi connectivity index (χ3v) is 5.26. The van der Waals surface area contributed by atoms with Crippen molar-refractivity contribution >= 4 is 56.9 Å². The van der Waals surface area contributed by atoms with E-state index in [1.807, 2.05) is 11.4 Å². The highest BCUT2D eigenvalue weighted by Gasteiger charge is 2.12. The van der Waals surface area contributed by atoms with Crippen molar-refractivity contribution in [1.82, 2.24) is 4.98 Å². The largest absolute Gasteiger partial charge is 0.495 e. The summed E-state index contributed by atoms with van der Waals surface area (Å²) in [5, 5.41) is 9.92. The average Bonchev–Trinajstić information content (AvgIpc) is 3.27. The lowest BCUT2D eigenvalue weighted by Crippen LogP contribution is -2.15. The van der Waals surface area contributed by atoms with E-state index >= 15 is 0 Å². The molecule has 0 aliphatic carbocycles. The lowest BCUT2D eigenvalue weighted by molar-refractivity contribution is -0.115. The Hall–Kier alpha value is -2.42. The zero-order valence-corrected chi connectivity index (χ0v) is 16.0. The van der Waals surface area contributed by atoms with E-state index < -0.39 is 0 Å². The van der Waals surface area contributed by atoms with Gasteiger partial charge in [-0.3, -0.25) is 14.9 Å². The second-order valence-electron chi connectivity index (χ2n) is 5.15. The van der Waals surface area contributed by atoms with Gasteiger partial charge in [0.05, 0.1) is 29.1 Å². The van der Waals surface area contributed by atoms with Gasteiger partial charge < -0.3 is 10.1 Å². The molecule has 0 unspecified atom stereocenters. The highest BCUT2D eigenvalue weighted by molar-refractivity contribution is 7.14. The Kier molecular flexibility index (Phi) is 5.87. The molecule has 3 rings (SSSR count). The highest BCUT2D eigenvalue weighted by Crippen LogP contribution is 2.27. The maximum absolute atomic E-state index is 12.2. The van der Waals surface area contributed by atoms with E-state index in [4.69, 9.17) is 16.3 Å². The predicted octanol–water partition coefficient (Wildman–Crippen LogP) is 4.30. The van der Waals surface area contributed by atoms with Crippen LogP contribution in [0.4, 0.5) is 10.8 Å². The van der Waals surface area contributed by atoms with Crippen molar-refractivity contribution in [1.29, 1.82) is 0 Å². The topological polar surface area (TPSA) is 80.3 Å². The Morgan fingerprint density at radius 1 is 1.23 bits per heavy atom. The molecule has 9 heteroatoms. The first-order valence-corrected chi connectivity index (χ1v) is 9.61. The SMILES string of the molecule is COc1ccc(NC(=O)Cc2csc(NC(=O)c3cccs3)n2)cc1Cl. The minimum atomic E-state index is -0.229. The zero-order chi connectivity index (χ0) is 18.5. The van der Waals surface area contributed by atoms with Gasteiger partial charge in [-0.2, -0.15) is 0 Å². The summed E-state index contributed by atoms with van der Waals surface area (Å²) in [6, 6.07) is 8.55. The number of ether oxygens (including phenoxy) is 1. The summed E-state index contributed by atoms with van der Waals surface area (Å²) < 4.78 is 5.07. The monoisotopic (exact) mass is 407 g/mol. The van der Waals surface area contributed by atoms with Gasteiger partial charge in [-0.05, 0) is 29.6 Å². The number of thiazole rings is 1. The van der Waals surface area contributed by atoms with Gasteiger partial charge in [-0.25, -0.2) is 4.98 Å². The lowest BCUT2D eigenvalue weighted by Gasteiger charge is -2.07. The number of thiophene rings is 1. The van der Waals surface area contributed by atoms with Crippen LogP contribution in [0.2, 0.25) is 5.02 Å². The van der Waals surface area contributed by atoms with Crippen molar-refractivity contribution in [3.05, 3.63) is 56.7 Å². The van der Waals surface area contributed by atoms with Crippen molar-refractivity contribution in [3.8, 4) is 5.75 Å². The van der Waals surface area contributed by atoms with Crippen LogP contribution in [0.5, 0.6) is 5.75 Å². The van der Waals surface area contributed by atoms with Gasteiger partial charge in [0.15, 0.2) is 5.13 Å². The average molecular weight is 408 g/mol. The highest BCUT2D eigenvalue weighted by atomic mass is 35.5. The number of benzene rings is 1. The first-order chi connectivity index (χ1) is 12.5. The van der Waals surface area contributed by atoms with Crippen LogP contribution < -0.4 is 15.4 Å². The summed E-state index contributed by atoms with van der Waals surface area (Å²) in [5.74, 6) is 0.0983. The van der Waals surface area contributed by atoms with Gasteiger partial charge in [0.25, 0.3) is 5.91 Å². The fraction of sp³-hybridized carbons (Fsp3) is 0.118. The van der Waals surface area contributed by atoms with Crippen LogP contribution >= 0.6 is 34.3 Å². The first-order valence-electron chi connectivity index (χ1n) is 7.48. The van der Waals surface area contributed by atoms with Crippen molar-refractivity contribution in [3.63, 3.8) is 0 Å². The minimum absolute atomic E-state index is 0.0923. The summed E-state index contributed by atoms with van der Waals surface area (Å²) in [4.78, 5) is 29.0. The van der Waals surface area contributed by atoms with Crippen LogP contribution in [-0.4, -0.2) is 23.9 Å². The van der Waals surface area contributed by atoms with Crippen molar-refractivity contribution in [2.75, 3.05) is 17.7 Å². The molecule has 0 saturated heterocycles. The molecule has 3 aromatic rings. The number of methoxy groups -OCH3 is 1. The van der Waals surface area contributed by atoms with Crippen LogP contribution in [0.3, 0.4) is 0 Å². The molecule has 0 atom stereocenters. The summed E-state index contributed by atoms with van der Waals surface area (Å²) in [5.41, 5.74) is 1.15. The molecule has 2 aromatic heterocycles. The molecule has 26 heavy (non-hydrogen) atoms. The van der Waals surface area contributed by atoms with Crippen LogP contribution in [0.25, 0.3) is 0 Å². The third-order valence-electron chi connectivity index (χ3n) is 3.29. The Labute approximate surface area is 162 Å². The van der Waals surface area contributed by atoms with Gasteiger partial charge >= 0.3 is 0 Å². The van der Waals surface area contributed by atoms with E-state index in [2.05, 4.69) is 15.6 Å². The predicted molar refractivity (Wildman–Crippen MR) is 105 cm³/mol. The maximum atomic E-state index is 12.2. The summed E-state index contributed by atoms with van der Waals surface area (Å²) in [7, 11) is 1.52. The molecular formula is C17H14ClN3O3S2. The smallest absolute Gasteiger partial charge is 0.267 e. The fourth-order valence-electron chi connectivity index (χ4n) is 2.13. The number of rotatable bonds is 6. The molecule has 0 fully saturated rings. The molecule has 6 nitrogen and oxygen atoms in total. The van der Waals surface area contributed by atoms with E-state index in [-0.39, 0.29) is 18.2 Å². The number of anilines is 2. The first kappa shape index (κ1) is 18.4. The Morgan fingerprint density at radius 3 is 2.77 bits per heavy atom. The normalized spacial score (nSPS) is 10.4. The second kappa shape index (κ2) is 8.31. The Balaban J connectivity index is 1.57. The molecule has 0 radical (unpaired) electrons. The molecule has 0 aliphatic heterocycles. The molecule has 0 spiro atoms. The van der Waals surface area contributed by atoms with E-state index in [1.165, 1.54) is 29.8 Å². The number of nitrogens with zero attached hydrogens (tertiary/aromatic N) is 1. The van der Waals surface area contributed by atoms with Crippen LogP contribution in [0.1, 0.15) is 15.4 Å². The van der Waals surface area contributed by atoms with E-state index in [0.717, 1.165) is 0 Å². The maximum Gasteiger partial charge on any atom is 0.267 e. The molecular weight excluding hydrogens is 394 g/mol. The number of carbonyl (C=O) groups is 2. The molecule has 1 aromatic carbocycles. The molecule has 2 heterocycles. The molecule has 0 aliphatic rings. The van der Waals surface area contributed by atoms with Crippen LogP contribution in [0, 0.1) is 0 Å². The van der Waals surface area contributed by atoms with Crippen LogP contribution in [-0.2, 0) is 11.2 Å². The van der Waals surface area contributed by atoms with E-state index in [0.29, 0.717) is 32.2 Å². The number of hydrogen-bond acceptors (Lipinski definition) is 6. The lowest BCUT2D eigenvalue weighted by atomic mass is 10.2. The van der Waals surface area contributed by atoms with E-state index in [9.17, 15) is 9.59 Å². The van der Waals surface area contributed by atoms with Gasteiger partial charge in [0, 0.05) is 11.1 Å². The number of nitrogens with one attached hydrogen (secondary N) is 2. The fourth-order valence-corrected chi connectivity index (χ4v) is 3.71. The number of amides is 2. The van der Waals surface area contributed by atoms with Crippen molar-refractivity contribution < 1.29 is 14.3 Å². The molecule has 0 bridgehead atoms. The zero-order valence-electron chi connectivity index (χ0n) is 13.6. The number of hydrogen-bond donors (Lipinski definition) is 2. The van der Waals surface area contributed by atoms with Crippen LogP contribution in [0.15, 0.2) is 41.1 Å². The Morgan fingerprint density at radius 2 is 2.08 bits per heavy atom. The van der Waals surface area contributed by atoms with Gasteiger partial charge in [0.1, 0.15) is 5.75 Å². The van der Waals surface area contributed by atoms with E-state index in [1.54, 1.807) is 29.6 Å². The summed E-state index contributed by atoms with van der Waals surface area (Å²) >= 11 is 8.67. The number of aromatic nitrogens is 1. The van der Waals surface area contributed by atoms with Crippen molar-refractivity contribution in [2.45, 2.75) is 6.42 Å². The number of carbonyl (C=O) groups excluding carboxylic acids is 2. The van der Waals surface area contributed by atoms with Crippen molar-refractivity contribution in [2.24, 2.45) is 0 Å². The Bertz CT molecular complexity index is 925. The van der Waals surface area contributed by atoms with Gasteiger partial charge in [-0.15, -0.1) is 22.7 Å². The molecule has 134 valence electrons. The standard InChI is InChI=1S/C17H14ClN3O3S2/c1-24-13-5-4-10(7-12(13)18)19-15(22)8-11-9-26-17(20-11)21-16(23)14-3-2-6-25-14/h2-7,9H,8H2,1H3,(H,19,22)(H,20,21,23). The third kappa shape index (κ3) is 4.60. The van der Waals surface area contributed by atoms with Gasteiger partial charge in [-0.1, -0.05) is 17.7 Å². The molecule has 2 N–H and O–H groups in total. The molecule has 2 amide bonds. The second-order valence-corrected chi connectivity index (χ2v) is 7.36. The molecule has 0 saturated carbocycles. The quantitative estimate of drug-likeness (QED) is 0.638. The summed E-state index contributed by atoms with van der Waals surface area (Å²) in [6.45, 7) is 0. The number of halogens is 1.